The Hall–Kier alpha value is -1.09. The molecule has 1 aromatic heterocycles. The number of aryl methyl sites for hydroxylation is 1. The summed E-state index contributed by atoms with van der Waals surface area (Å²) in [5.41, 5.74) is 0.609. The van der Waals surface area contributed by atoms with Crippen molar-refractivity contribution in [2.24, 2.45) is 0 Å². The summed E-state index contributed by atoms with van der Waals surface area (Å²) in [7, 11) is -4.32. The number of nitrogens with zero attached hydrogens (tertiary/aromatic N) is 3. The summed E-state index contributed by atoms with van der Waals surface area (Å²) in [6.07, 6.45) is -1.22. The van der Waals surface area contributed by atoms with E-state index in [1.54, 1.807) is 10.9 Å². The lowest BCUT2D eigenvalue weighted by Gasteiger charge is -2.20. The first-order valence-corrected chi connectivity index (χ1v) is 6.92. The van der Waals surface area contributed by atoms with E-state index in [9.17, 15) is 21.6 Å². The van der Waals surface area contributed by atoms with Gasteiger partial charge < -0.3 is 4.57 Å². The van der Waals surface area contributed by atoms with Crippen LogP contribution in [0.15, 0.2) is 12.5 Å². The second kappa shape index (κ2) is 4.54. The van der Waals surface area contributed by atoms with Crippen molar-refractivity contribution in [3.05, 3.63) is 18.2 Å². The van der Waals surface area contributed by atoms with E-state index >= 15 is 0 Å². The first kappa shape index (κ1) is 13.3. The number of imidazole rings is 1. The largest absolute Gasteiger partial charge is 0.404 e. The molecule has 0 spiro atoms. The fourth-order valence-corrected chi connectivity index (χ4v) is 3.23. The van der Waals surface area contributed by atoms with Gasteiger partial charge in [-0.2, -0.15) is 17.5 Å². The number of hydrogen-bond donors (Lipinski definition) is 0. The van der Waals surface area contributed by atoms with Gasteiger partial charge in [-0.05, 0) is 6.42 Å². The van der Waals surface area contributed by atoms with E-state index in [0.717, 1.165) is 4.31 Å². The van der Waals surface area contributed by atoms with E-state index < -0.39 is 22.0 Å². The Morgan fingerprint density at radius 3 is 2.72 bits per heavy atom. The van der Waals surface area contributed by atoms with Crippen LogP contribution in [0.2, 0.25) is 0 Å². The molecule has 1 aliphatic heterocycles. The molecule has 1 aliphatic rings. The van der Waals surface area contributed by atoms with Crippen molar-refractivity contribution in [3.63, 3.8) is 0 Å². The molecule has 0 atom stereocenters. The first-order chi connectivity index (χ1) is 8.28. The molecule has 9 heteroatoms. The highest BCUT2D eigenvalue weighted by Crippen LogP contribution is 2.22. The molecule has 5 nitrogen and oxygen atoms in total. The summed E-state index contributed by atoms with van der Waals surface area (Å²) in [5.74, 6) is -1.81. The minimum Gasteiger partial charge on any atom is -0.333 e. The van der Waals surface area contributed by atoms with Gasteiger partial charge in [-0.25, -0.2) is 13.4 Å². The van der Waals surface area contributed by atoms with E-state index in [4.69, 9.17) is 0 Å². The molecular formula is C9H12F3N3O2S. The molecule has 0 unspecified atom stereocenters. The third kappa shape index (κ3) is 3.02. The average Bonchev–Trinajstić information content (AvgIpc) is 2.51. The van der Waals surface area contributed by atoms with Gasteiger partial charge >= 0.3 is 6.18 Å². The highest BCUT2D eigenvalue weighted by molar-refractivity contribution is 7.89. The predicted molar refractivity (Wildman–Crippen MR) is 57.1 cm³/mol. The maximum atomic E-state index is 12.2. The summed E-state index contributed by atoms with van der Waals surface area (Å²) >= 11 is 0. The number of sulfonamides is 1. The van der Waals surface area contributed by atoms with Crippen molar-refractivity contribution < 1.29 is 21.6 Å². The Morgan fingerprint density at radius 1 is 1.33 bits per heavy atom. The van der Waals surface area contributed by atoms with Gasteiger partial charge in [-0.15, -0.1) is 0 Å². The summed E-state index contributed by atoms with van der Waals surface area (Å²) in [5, 5.41) is 0. The summed E-state index contributed by atoms with van der Waals surface area (Å²) in [6, 6.07) is 0. The maximum Gasteiger partial charge on any atom is 0.404 e. The highest BCUT2D eigenvalue weighted by atomic mass is 32.2. The van der Waals surface area contributed by atoms with Gasteiger partial charge in [-0.3, -0.25) is 0 Å². The monoisotopic (exact) mass is 283 g/mol. The molecule has 2 heterocycles. The molecule has 0 amide bonds. The minimum absolute atomic E-state index is 0.0571. The van der Waals surface area contributed by atoms with Gasteiger partial charge in [0.2, 0.25) is 10.0 Å². The molecule has 102 valence electrons. The zero-order valence-electron chi connectivity index (χ0n) is 9.39. The molecule has 0 N–H and O–H groups in total. The SMILES string of the molecule is O=S(=O)(CC(F)(F)F)N1CCCn2cncc2C1. The van der Waals surface area contributed by atoms with Crippen LogP contribution in [0.4, 0.5) is 13.2 Å². The molecule has 0 bridgehead atoms. The normalized spacial score (nSPS) is 18.4. The van der Waals surface area contributed by atoms with Gasteiger partial charge in [0.25, 0.3) is 0 Å². The lowest BCUT2D eigenvalue weighted by Crippen LogP contribution is -2.37. The average molecular weight is 283 g/mol. The zero-order chi connectivity index (χ0) is 13.4. The number of rotatable bonds is 2. The fourth-order valence-electron chi connectivity index (χ4n) is 1.89. The minimum atomic E-state index is -4.72. The van der Waals surface area contributed by atoms with E-state index in [1.807, 2.05) is 0 Å². The molecule has 18 heavy (non-hydrogen) atoms. The van der Waals surface area contributed by atoms with Crippen LogP contribution in [0, 0.1) is 0 Å². The maximum absolute atomic E-state index is 12.2. The lowest BCUT2D eigenvalue weighted by atomic mass is 10.4. The van der Waals surface area contributed by atoms with Crippen molar-refractivity contribution >= 4 is 10.0 Å². The molecular weight excluding hydrogens is 271 g/mol. The number of aromatic nitrogens is 2. The highest BCUT2D eigenvalue weighted by Gasteiger charge is 2.38. The van der Waals surface area contributed by atoms with Crippen molar-refractivity contribution in [2.45, 2.75) is 25.7 Å². The van der Waals surface area contributed by atoms with Gasteiger partial charge in [0.1, 0.15) is 0 Å². The topological polar surface area (TPSA) is 55.2 Å². The van der Waals surface area contributed by atoms with Crippen molar-refractivity contribution in [1.82, 2.24) is 13.9 Å². The smallest absolute Gasteiger partial charge is 0.333 e. The Labute approximate surface area is 102 Å². The molecule has 0 saturated heterocycles. The first-order valence-electron chi connectivity index (χ1n) is 5.31. The predicted octanol–water partition coefficient (Wildman–Crippen LogP) is 0.981. The third-order valence-corrected chi connectivity index (χ3v) is 4.47. The Morgan fingerprint density at radius 2 is 2.06 bits per heavy atom. The molecule has 0 aliphatic carbocycles. The Kier molecular flexibility index (Phi) is 3.37. The van der Waals surface area contributed by atoms with E-state index in [1.165, 1.54) is 6.20 Å². The van der Waals surface area contributed by atoms with E-state index in [0.29, 0.717) is 18.7 Å². The van der Waals surface area contributed by atoms with E-state index in [-0.39, 0.29) is 13.1 Å². The fraction of sp³-hybridized carbons (Fsp3) is 0.667. The Bertz CT molecular complexity index is 523. The second-order valence-corrected chi connectivity index (χ2v) is 6.11. The summed E-state index contributed by atoms with van der Waals surface area (Å²) in [6.45, 7) is 0.603. The van der Waals surface area contributed by atoms with Gasteiger partial charge in [0.05, 0.1) is 18.6 Å². The quantitative estimate of drug-likeness (QED) is 0.813. The van der Waals surface area contributed by atoms with Crippen LogP contribution in [0.3, 0.4) is 0 Å². The van der Waals surface area contributed by atoms with Crippen LogP contribution in [0.1, 0.15) is 12.1 Å². The molecule has 0 saturated carbocycles. The standard InChI is InChI=1S/C9H12F3N3O2S/c10-9(11,12)6-18(16,17)15-3-1-2-14-7-13-4-8(14)5-15/h4,7H,1-3,5-6H2. The van der Waals surface area contributed by atoms with Gasteiger partial charge in [0, 0.05) is 19.3 Å². The van der Waals surface area contributed by atoms with Gasteiger partial charge in [0.15, 0.2) is 5.75 Å². The molecule has 0 fully saturated rings. The van der Waals surface area contributed by atoms with Crippen LogP contribution >= 0.6 is 0 Å². The van der Waals surface area contributed by atoms with Crippen molar-refractivity contribution in [2.75, 3.05) is 12.3 Å². The molecule has 0 radical (unpaired) electrons. The number of halogens is 3. The molecule has 1 aromatic rings. The van der Waals surface area contributed by atoms with Crippen molar-refractivity contribution in [1.29, 1.82) is 0 Å². The molecule has 0 aromatic carbocycles. The number of fused-ring (bicyclic) bond motifs is 1. The Balaban J connectivity index is 2.19. The van der Waals surface area contributed by atoms with Crippen LogP contribution in [-0.4, -0.2) is 40.7 Å². The number of alkyl halides is 3. The zero-order valence-corrected chi connectivity index (χ0v) is 10.2. The second-order valence-electron chi connectivity index (χ2n) is 4.14. The van der Waals surface area contributed by atoms with Crippen LogP contribution in [0.5, 0.6) is 0 Å². The van der Waals surface area contributed by atoms with Crippen LogP contribution in [0.25, 0.3) is 0 Å². The summed E-state index contributed by atoms with van der Waals surface area (Å²) < 4.78 is 62.6. The third-order valence-electron chi connectivity index (χ3n) is 2.68. The van der Waals surface area contributed by atoms with Crippen molar-refractivity contribution in [3.8, 4) is 0 Å². The van der Waals surface area contributed by atoms with Gasteiger partial charge in [-0.1, -0.05) is 0 Å². The van der Waals surface area contributed by atoms with Crippen LogP contribution < -0.4 is 0 Å². The molecule has 2 rings (SSSR count). The lowest BCUT2D eigenvalue weighted by molar-refractivity contribution is -0.107. The number of hydrogen-bond acceptors (Lipinski definition) is 3. The van der Waals surface area contributed by atoms with Crippen LogP contribution in [-0.2, 0) is 23.1 Å². The van der Waals surface area contributed by atoms with E-state index in [2.05, 4.69) is 4.98 Å². The summed E-state index contributed by atoms with van der Waals surface area (Å²) in [4.78, 5) is 3.86.